The van der Waals surface area contributed by atoms with Crippen LogP contribution in [0.25, 0.3) is 11.2 Å². The number of benzene rings is 1. The number of aromatic nitrogens is 8. The summed E-state index contributed by atoms with van der Waals surface area (Å²) in [6.07, 6.45) is 1.17. The standard InChI is InChI=1S/C34H51N9O7Si2/c1-21(2)51(22(3)4)47-17-26-30(49-52(50-51,23(5)6)24(7)8)31(45-16-15-27-39-40-41-42(27)9)34(48-26)43-20-37-29-32(35-19-36-33(29)43)38-28(44)18-46-25-13-11-10-12-14-25/h10-14,19-24,26,30-31,34H,15-18H2,1-9H3,(H,35,36,38,44)/t26-,30-,31-,34-/m1/s1. The summed E-state index contributed by atoms with van der Waals surface area (Å²) in [6.45, 7) is 17.9. The molecule has 5 heterocycles. The van der Waals surface area contributed by atoms with Gasteiger partial charge >= 0.3 is 17.1 Å². The fourth-order valence-electron chi connectivity index (χ4n) is 7.23. The molecule has 3 aromatic heterocycles. The van der Waals surface area contributed by atoms with Gasteiger partial charge in [0.15, 0.2) is 35.6 Å². The molecule has 282 valence electrons. The first-order chi connectivity index (χ1) is 24.9. The summed E-state index contributed by atoms with van der Waals surface area (Å²) in [4.78, 5) is 26.5. The number of nitrogens with one attached hydrogen (secondary N) is 1. The second-order valence-electron chi connectivity index (χ2n) is 14.6. The molecule has 4 aromatic rings. The van der Waals surface area contributed by atoms with Crippen LogP contribution in [0.5, 0.6) is 5.75 Å². The molecule has 16 nitrogen and oxygen atoms in total. The Labute approximate surface area is 306 Å². The van der Waals surface area contributed by atoms with Crippen molar-refractivity contribution in [2.24, 2.45) is 7.05 Å². The zero-order valence-corrected chi connectivity index (χ0v) is 33.4. The lowest BCUT2D eigenvalue weighted by atomic mass is 10.1. The predicted octanol–water partition coefficient (Wildman–Crippen LogP) is 4.85. The Balaban J connectivity index is 1.34. The number of ether oxygens (including phenoxy) is 3. The van der Waals surface area contributed by atoms with Crippen molar-refractivity contribution in [1.82, 2.24) is 39.7 Å². The van der Waals surface area contributed by atoms with E-state index >= 15 is 0 Å². The van der Waals surface area contributed by atoms with E-state index in [1.54, 1.807) is 30.2 Å². The molecule has 2 fully saturated rings. The second-order valence-corrected chi connectivity index (χ2v) is 23.5. The molecule has 18 heteroatoms. The van der Waals surface area contributed by atoms with Crippen molar-refractivity contribution < 1.29 is 32.0 Å². The number of imidazole rings is 1. The number of hydrogen-bond donors (Lipinski definition) is 1. The molecule has 0 spiro atoms. The molecule has 1 N–H and O–H groups in total. The summed E-state index contributed by atoms with van der Waals surface area (Å²) in [5.41, 5.74) is 1.45. The van der Waals surface area contributed by atoms with Gasteiger partial charge in [-0.3, -0.25) is 9.36 Å². The van der Waals surface area contributed by atoms with Crippen LogP contribution in [0.4, 0.5) is 5.82 Å². The number of aryl methyl sites for hydroxylation is 1. The minimum atomic E-state index is -3.01. The molecule has 4 atom stereocenters. The Morgan fingerprint density at radius 2 is 1.69 bits per heavy atom. The average molecular weight is 754 g/mol. The van der Waals surface area contributed by atoms with Crippen molar-refractivity contribution in [3.8, 4) is 5.75 Å². The predicted molar refractivity (Wildman–Crippen MR) is 196 cm³/mol. The van der Waals surface area contributed by atoms with Crippen molar-refractivity contribution >= 4 is 40.0 Å². The Morgan fingerprint density at radius 3 is 2.35 bits per heavy atom. The van der Waals surface area contributed by atoms with Crippen molar-refractivity contribution in [1.29, 1.82) is 0 Å². The molecule has 2 aliphatic heterocycles. The molecule has 0 saturated carbocycles. The lowest BCUT2D eigenvalue weighted by Crippen LogP contribution is -2.66. The van der Waals surface area contributed by atoms with Crippen LogP contribution in [0.2, 0.25) is 22.2 Å². The smallest absolute Gasteiger partial charge is 0.335 e. The first kappa shape index (κ1) is 38.1. The van der Waals surface area contributed by atoms with Gasteiger partial charge in [0.25, 0.3) is 5.91 Å². The van der Waals surface area contributed by atoms with E-state index in [4.69, 9.17) is 27.2 Å². The quantitative estimate of drug-likeness (QED) is 0.184. The van der Waals surface area contributed by atoms with E-state index < -0.39 is 41.7 Å². The summed E-state index contributed by atoms with van der Waals surface area (Å²) in [6, 6.07) is 9.13. The van der Waals surface area contributed by atoms with Gasteiger partial charge in [-0.2, -0.15) is 0 Å². The van der Waals surface area contributed by atoms with Crippen molar-refractivity contribution in [2.75, 3.05) is 25.1 Å². The molecule has 2 saturated heterocycles. The molecule has 52 heavy (non-hydrogen) atoms. The molecular formula is C34H51N9O7Si2. The van der Waals surface area contributed by atoms with Crippen molar-refractivity contribution in [2.45, 2.75) is 109 Å². The number of carbonyl (C=O) groups is 1. The second kappa shape index (κ2) is 15.8. The monoisotopic (exact) mass is 753 g/mol. The van der Waals surface area contributed by atoms with E-state index in [0.717, 1.165) is 0 Å². The van der Waals surface area contributed by atoms with Crippen LogP contribution >= 0.6 is 0 Å². The number of nitrogens with zero attached hydrogens (tertiary/aromatic N) is 8. The lowest BCUT2D eigenvalue weighted by molar-refractivity contribution is -0.118. The van der Waals surface area contributed by atoms with Crippen LogP contribution in [0.15, 0.2) is 43.0 Å². The summed E-state index contributed by atoms with van der Waals surface area (Å²) in [5, 5.41) is 14.7. The fraction of sp³-hybridized carbons (Fsp3) is 0.618. The number of hydrogen-bond acceptors (Lipinski definition) is 13. The van der Waals surface area contributed by atoms with Gasteiger partial charge in [0.05, 0.1) is 19.5 Å². The van der Waals surface area contributed by atoms with E-state index in [9.17, 15) is 4.79 Å². The summed E-state index contributed by atoms with van der Waals surface area (Å²) >= 11 is 0. The van der Waals surface area contributed by atoms with E-state index in [-0.39, 0.29) is 47.1 Å². The Morgan fingerprint density at radius 1 is 0.981 bits per heavy atom. The first-order valence-corrected chi connectivity index (χ1v) is 22.0. The highest BCUT2D eigenvalue weighted by Gasteiger charge is 2.62. The average Bonchev–Trinajstić information content (AvgIpc) is 3.81. The van der Waals surface area contributed by atoms with Crippen LogP contribution in [0.1, 0.15) is 67.4 Å². The third-order valence-corrected chi connectivity index (χ3v) is 20.2. The van der Waals surface area contributed by atoms with Gasteiger partial charge in [0.2, 0.25) is 0 Å². The number of carbonyl (C=O) groups excluding carboxylic acids is 1. The maximum atomic E-state index is 12.9. The van der Waals surface area contributed by atoms with Crippen molar-refractivity contribution in [3.63, 3.8) is 0 Å². The Kier molecular flexibility index (Phi) is 11.5. The highest BCUT2D eigenvalue weighted by Crippen LogP contribution is 2.49. The Bertz CT molecular complexity index is 1790. The van der Waals surface area contributed by atoms with Crippen molar-refractivity contribution in [3.05, 3.63) is 48.8 Å². The first-order valence-electron chi connectivity index (χ1n) is 18.0. The Hall–Kier alpha value is -3.66. The van der Waals surface area contributed by atoms with E-state index in [1.165, 1.54) is 6.33 Å². The van der Waals surface area contributed by atoms with Crippen LogP contribution in [0.3, 0.4) is 0 Å². The summed E-state index contributed by atoms with van der Waals surface area (Å²) in [5.74, 6) is 1.14. The van der Waals surface area contributed by atoms with Crippen LogP contribution in [-0.2, 0) is 40.7 Å². The molecule has 1 amide bonds. The van der Waals surface area contributed by atoms with E-state index in [1.807, 2.05) is 22.8 Å². The van der Waals surface area contributed by atoms with Gasteiger partial charge in [0, 0.05) is 13.5 Å². The fourth-order valence-corrected chi connectivity index (χ4v) is 18.4. The molecule has 0 unspecified atom stereocenters. The number of amides is 1. The third-order valence-electron chi connectivity index (χ3n) is 9.96. The minimum Gasteiger partial charge on any atom is -0.484 e. The maximum Gasteiger partial charge on any atom is 0.335 e. The zero-order valence-electron chi connectivity index (χ0n) is 31.4. The summed E-state index contributed by atoms with van der Waals surface area (Å²) in [7, 11) is -4.02. The van der Waals surface area contributed by atoms with Crippen LogP contribution in [-0.4, -0.2) is 101 Å². The van der Waals surface area contributed by atoms with Crippen LogP contribution in [0, 0.1) is 0 Å². The largest absolute Gasteiger partial charge is 0.484 e. The number of anilines is 1. The SMILES string of the molecule is CC(C)[Si]1(C(C)C)OC[C@H]2O[C@@H](n3cnc4c(NC(=O)COc5ccccc5)ncnc43)[C@H](OCCc3nnnn3C)[C@@H]2O[Si](C(C)C)(C(C)C)O1. The van der Waals surface area contributed by atoms with Gasteiger partial charge in [0.1, 0.15) is 30.4 Å². The molecule has 0 aliphatic carbocycles. The topological polar surface area (TPSA) is 172 Å². The van der Waals surface area contributed by atoms with E-state index in [0.29, 0.717) is 35.8 Å². The number of rotatable bonds is 13. The third kappa shape index (κ3) is 7.42. The van der Waals surface area contributed by atoms with Gasteiger partial charge in [-0.05, 0) is 44.7 Å². The normalized spacial score (nSPS) is 22.9. The van der Waals surface area contributed by atoms with Gasteiger partial charge < -0.3 is 32.5 Å². The molecule has 1 aromatic carbocycles. The molecule has 2 aliphatic rings. The van der Waals surface area contributed by atoms with Gasteiger partial charge in [-0.15, -0.1) is 5.10 Å². The summed E-state index contributed by atoms with van der Waals surface area (Å²) < 4.78 is 44.6. The maximum absolute atomic E-state index is 12.9. The minimum absolute atomic E-state index is 0.113. The zero-order chi connectivity index (χ0) is 37.2. The lowest BCUT2D eigenvalue weighted by Gasteiger charge is -2.51. The highest BCUT2D eigenvalue weighted by atomic mass is 28.5. The van der Waals surface area contributed by atoms with Crippen LogP contribution < -0.4 is 10.1 Å². The molecular weight excluding hydrogens is 703 g/mol. The number of fused-ring (bicyclic) bond motifs is 2. The van der Waals surface area contributed by atoms with Gasteiger partial charge in [-0.1, -0.05) is 73.6 Å². The number of tetrazole rings is 1. The molecule has 0 radical (unpaired) electrons. The number of para-hydroxylation sites is 1. The van der Waals surface area contributed by atoms with Gasteiger partial charge in [-0.25, -0.2) is 19.6 Å². The highest BCUT2D eigenvalue weighted by molar-refractivity contribution is 6.84. The molecule has 6 rings (SSSR count). The molecule has 0 bridgehead atoms. The van der Waals surface area contributed by atoms with E-state index in [2.05, 4.69) is 91.2 Å².